The van der Waals surface area contributed by atoms with Gasteiger partial charge in [-0.05, 0) is 168 Å². The van der Waals surface area contributed by atoms with Gasteiger partial charge in [-0.15, -0.1) is 0 Å². The number of nitrogens with zero attached hydrogens (tertiary/aromatic N) is 6. The lowest BCUT2D eigenvalue weighted by atomic mass is 9.82. The van der Waals surface area contributed by atoms with Crippen molar-refractivity contribution in [2.24, 2.45) is 18.9 Å². The second-order valence-corrected chi connectivity index (χ2v) is 23.4. The predicted molar refractivity (Wildman–Crippen MR) is 299 cm³/mol. The largest absolute Gasteiger partial charge is 0.490 e. The molecule has 3 aliphatic heterocycles. The van der Waals surface area contributed by atoms with Crippen molar-refractivity contribution in [1.29, 1.82) is 0 Å². The molecule has 1 saturated carbocycles. The zero-order chi connectivity index (χ0) is 52.7. The summed E-state index contributed by atoms with van der Waals surface area (Å²) in [6.45, 7) is 10.9. The third-order valence-electron chi connectivity index (χ3n) is 16.1. The molecular weight excluding hydrogens is 973 g/mol. The van der Waals surface area contributed by atoms with E-state index in [4.69, 9.17) is 19.6 Å². The molecule has 4 aromatic carbocycles. The van der Waals surface area contributed by atoms with E-state index in [1.54, 1.807) is 0 Å². The Bertz CT molecular complexity index is 3310. The minimum atomic E-state index is -0.729. The fraction of sp³-hybridized carbons (Fsp3) is 0.426. The Hall–Kier alpha value is -7.13. The maximum atomic E-state index is 14.1. The highest BCUT2D eigenvalue weighted by Gasteiger charge is 2.33. The Morgan fingerprint density at radius 3 is 2.36 bits per heavy atom. The van der Waals surface area contributed by atoms with E-state index >= 15 is 0 Å². The smallest absolute Gasteiger partial charge is 0.358 e. The molecule has 2 N–H and O–H groups in total. The molecule has 3 fully saturated rings. The maximum Gasteiger partial charge on any atom is 0.358 e. The summed E-state index contributed by atoms with van der Waals surface area (Å²) in [6, 6.07) is 30.2. The number of thiazole rings is 1. The van der Waals surface area contributed by atoms with Crippen LogP contribution in [0.5, 0.6) is 5.75 Å². The van der Waals surface area contributed by atoms with Crippen molar-refractivity contribution >= 4 is 72.8 Å². The maximum absolute atomic E-state index is 14.1. The van der Waals surface area contributed by atoms with Gasteiger partial charge in [0.05, 0.1) is 33.4 Å². The molecule has 1 unspecified atom stereocenters. The van der Waals surface area contributed by atoms with Crippen molar-refractivity contribution in [3.05, 3.63) is 125 Å². The zero-order valence-electron chi connectivity index (χ0n) is 44.3. The molecule has 0 spiro atoms. The number of aryl methyl sites for hydroxylation is 1. The summed E-state index contributed by atoms with van der Waals surface area (Å²) in [5, 5.41) is 11.8. The SMILES string of the molecule is Cc1c(OC2CCC(CCCC3CCN(c4ccc5c(C6CCC(=O)NC6=O)nn(C)c5c4)CC3)CC2)cccc1-c1ccc(N2CCc3cccc(C(=O)Nc4nc5ccccc5s4)c3C2)nc1C(=O)OC(C)(C)C. The number of carbonyl (C=O) groups excluding carboxylic acids is 4. The first-order chi connectivity index (χ1) is 36.7. The van der Waals surface area contributed by atoms with E-state index in [-0.39, 0.29) is 29.5 Å². The fourth-order valence-corrected chi connectivity index (χ4v) is 12.9. The number of hydrogen-bond acceptors (Lipinski definition) is 12. The molecule has 6 heterocycles. The first-order valence-corrected chi connectivity index (χ1v) is 28.1. The average Bonchev–Trinajstić information content (AvgIpc) is 4.02. The highest BCUT2D eigenvalue weighted by atomic mass is 32.1. The second kappa shape index (κ2) is 21.5. The van der Waals surface area contributed by atoms with Crippen LogP contribution in [0.15, 0.2) is 91.0 Å². The Balaban J connectivity index is 0.692. The number of benzene rings is 4. The molecule has 1 atom stereocenters. The lowest BCUT2D eigenvalue weighted by Gasteiger charge is -2.34. The molecule has 0 bridgehead atoms. The van der Waals surface area contributed by atoms with E-state index in [9.17, 15) is 19.2 Å². The van der Waals surface area contributed by atoms with Crippen LogP contribution in [0.2, 0.25) is 0 Å². The molecule has 7 aromatic rings. The number of rotatable bonds is 13. The highest BCUT2D eigenvalue weighted by molar-refractivity contribution is 7.22. The van der Waals surface area contributed by atoms with Gasteiger partial charge in [0.2, 0.25) is 11.8 Å². The van der Waals surface area contributed by atoms with Crippen molar-refractivity contribution < 1.29 is 28.7 Å². The number of anilines is 3. The number of imide groups is 1. The van der Waals surface area contributed by atoms with Gasteiger partial charge >= 0.3 is 5.97 Å². The zero-order valence-corrected chi connectivity index (χ0v) is 45.1. The Kier molecular flexibility index (Phi) is 14.4. The molecule has 11 rings (SSSR count). The molecule has 3 amide bonds. The monoisotopic (exact) mass is 1040 g/mol. The third kappa shape index (κ3) is 10.9. The van der Waals surface area contributed by atoms with Crippen LogP contribution in [0.4, 0.5) is 16.6 Å². The summed E-state index contributed by atoms with van der Waals surface area (Å²) >= 11 is 1.45. The summed E-state index contributed by atoms with van der Waals surface area (Å²) in [4.78, 5) is 66.7. The van der Waals surface area contributed by atoms with E-state index in [1.165, 1.54) is 49.1 Å². The molecule has 2 saturated heterocycles. The topological polar surface area (TPSA) is 161 Å². The Labute approximate surface area is 448 Å². The number of piperidine rings is 2. The van der Waals surface area contributed by atoms with E-state index in [1.807, 2.05) is 99.2 Å². The number of carbonyl (C=O) groups is 4. The van der Waals surface area contributed by atoms with Crippen LogP contribution in [0, 0.1) is 18.8 Å². The second-order valence-electron chi connectivity index (χ2n) is 22.4. The number of amides is 3. The molecule has 14 nitrogen and oxygen atoms in total. The summed E-state index contributed by atoms with van der Waals surface area (Å²) in [5.74, 6) is 1.36. The van der Waals surface area contributed by atoms with Crippen LogP contribution in [0.25, 0.3) is 32.2 Å². The number of hydrogen-bond donors (Lipinski definition) is 2. The van der Waals surface area contributed by atoms with Crippen molar-refractivity contribution in [2.45, 2.75) is 129 Å². The fourth-order valence-electron chi connectivity index (χ4n) is 12.0. The van der Waals surface area contributed by atoms with Gasteiger partial charge in [-0.1, -0.05) is 67.0 Å². The molecule has 15 heteroatoms. The van der Waals surface area contributed by atoms with Crippen molar-refractivity contribution in [2.75, 3.05) is 34.8 Å². The van der Waals surface area contributed by atoms with Crippen LogP contribution in [-0.2, 0) is 34.3 Å². The van der Waals surface area contributed by atoms with Gasteiger partial charge in [-0.25, -0.2) is 14.8 Å². The van der Waals surface area contributed by atoms with Crippen LogP contribution in [0.1, 0.15) is 141 Å². The van der Waals surface area contributed by atoms with Crippen LogP contribution < -0.4 is 25.2 Å². The van der Waals surface area contributed by atoms with Crippen molar-refractivity contribution in [3.63, 3.8) is 0 Å². The number of para-hydroxylation sites is 1. The van der Waals surface area contributed by atoms with Gasteiger partial charge in [0, 0.05) is 61.8 Å². The summed E-state index contributed by atoms with van der Waals surface area (Å²) in [5.41, 5.74) is 8.51. The standard InChI is InChI=1S/C61H68N8O6S/c1-37-43(44-25-27-53(63-56(44)59(73)75-61(2,3)4)69-34-31-40-13-9-15-45(48(40)36-69)57(71)65-60-62-49-16-6-7-18-52(49)76-60)14-10-17-51(37)74-42-22-19-38(20-23-42)11-8-12-39-29-32-68(33-30-39)41-21-24-46-50(35-41)67(5)66-55(46)47-26-28-54(70)64-58(47)72/h6-7,9-10,13-18,21,24-25,27,35,38-39,42,47H,8,11-12,19-20,22-23,26,28-34,36H2,1-5H3,(H,62,65,71)(H,64,70,72). The minimum Gasteiger partial charge on any atom is -0.490 e. The first-order valence-electron chi connectivity index (χ1n) is 27.3. The quantitative estimate of drug-likeness (QED) is 0.0835. The lowest BCUT2D eigenvalue weighted by Crippen LogP contribution is -2.39. The Morgan fingerprint density at radius 1 is 0.803 bits per heavy atom. The molecular formula is C61H68N8O6S. The number of esters is 1. The molecule has 1 aliphatic carbocycles. The minimum absolute atomic E-state index is 0.130. The first kappa shape index (κ1) is 51.0. The van der Waals surface area contributed by atoms with E-state index in [0.717, 1.165) is 106 Å². The van der Waals surface area contributed by atoms with E-state index in [0.29, 0.717) is 53.9 Å². The molecule has 76 heavy (non-hydrogen) atoms. The van der Waals surface area contributed by atoms with Crippen LogP contribution >= 0.6 is 11.3 Å². The van der Waals surface area contributed by atoms with Gasteiger partial charge in [-0.2, -0.15) is 5.10 Å². The Morgan fingerprint density at radius 2 is 1.58 bits per heavy atom. The number of aromatic nitrogens is 4. The van der Waals surface area contributed by atoms with Crippen LogP contribution in [-0.4, -0.2) is 74.8 Å². The predicted octanol–water partition coefficient (Wildman–Crippen LogP) is 11.9. The van der Waals surface area contributed by atoms with Gasteiger partial charge in [-0.3, -0.25) is 29.7 Å². The third-order valence-corrected chi connectivity index (χ3v) is 17.1. The average molecular weight is 1040 g/mol. The number of ether oxygens (including phenoxy) is 2. The molecule has 3 aromatic heterocycles. The van der Waals surface area contributed by atoms with Gasteiger partial charge in [0.1, 0.15) is 17.2 Å². The molecule has 394 valence electrons. The van der Waals surface area contributed by atoms with Crippen molar-refractivity contribution in [1.82, 2.24) is 25.1 Å². The number of nitrogens with one attached hydrogen (secondary N) is 2. The molecule has 0 radical (unpaired) electrons. The number of pyridine rings is 1. The van der Waals surface area contributed by atoms with Gasteiger partial charge in [0.25, 0.3) is 5.91 Å². The summed E-state index contributed by atoms with van der Waals surface area (Å²) in [6.07, 6.45) is 12.2. The normalized spacial score (nSPS) is 19.4. The van der Waals surface area contributed by atoms with Gasteiger partial charge in [0.15, 0.2) is 10.8 Å². The number of fused-ring (bicyclic) bond motifs is 3. The summed E-state index contributed by atoms with van der Waals surface area (Å²) < 4.78 is 15.7. The van der Waals surface area contributed by atoms with Gasteiger partial charge < -0.3 is 19.3 Å². The van der Waals surface area contributed by atoms with Crippen molar-refractivity contribution in [3.8, 4) is 16.9 Å². The molecule has 4 aliphatic rings. The summed E-state index contributed by atoms with van der Waals surface area (Å²) in [7, 11) is 1.93. The lowest BCUT2D eigenvalue weighted by molar-refractivity contribution is -0.134. The highest BCUT2D eigenvalue weighted by Crippen LogP contribution is 2.39. The van der Waals surface area contributed by atoms with Crippen LogP contribution in [0.3, 0.4) is 0 Å². The van der Waals surface area contributed by atoms with E-state index < -0.39 is 17.5 Å². The van der Waals surface area contributed by atoms with E-state index in [2.05, 4.69) is 56.6 Å².